The summed E-state index contributed by atoms with van der Waals surface area (Å²) in [5, 5.41) is 0. The highest BCUT2D eigenvalue weighted by atomic mass is 79.9. The highest BCUT2D eigenvalue weighted by Gasteiger charge is 2.01. The van der Waals surface area contributed by atoms with Crippen LogP contribution in [-0.2, 0) is 12.5 Å². The Morgan fingerprint density at radius 3 is 2.72 bits per heavy atom. The van der Waals surface area contributed by atoms with Crippen LogP contribution in [0.1, 0.15) is 11.3 Å². The molecule has 0 fully saturated rings. The van der Waals surface area contributed by atoms with Crippen molar-refractivity contribution in [1.82, 2.24) is 4.98 Å². The number of hydrogen-bond acceptors (Lipinski definition) is 2. The minimum atomic E-state index is -0.293. The molecule has 1 aromatic carbocycles. The lowest BCUT2D eigenvalue weighted by molar-refractivity contribution is 0.304. The molecule has 1 aromatic heterocycles. The van der Waals surface area contributed by atoms with Gasteiger partial charge in [0.25, 0.3) is 0 Å². The first-order valence-electron chi connectivity index (χ1n) is 5.26. The maximum Gasteiger partial charge on any atom is 0.138 e. The van der Waals surface area contributed by atoms with E-state index in [1.165, 1.54) is 12.1 Å². The Labute approximate surface area is 118 Å². The summed E-state index contributed by atoms with van der Waals surface area (Å²) in [6.45, 7) is 0.290. The van der Waals surface area contributed by atoms with Crippen molar-refractivity contribution in [2.75, 3.05) is 0 Å². The lowest BCUT2D eigenvalue weighted by Crippen LogP contribution is -1.97. The molecular formula is C13H10BrClFNO. The average molecular weight is 331 g/mol. The molecule has 0 aliphatic heterocycles. The normalized spacial score (nSPS) is 10.4. The van der Waals surface area contributed by atoms with E-state index in [9.17, 15) is 4.39 Å². The van der Waals surface area contributed by atoms with Crippen molar-refractivity contribution >= 4 is 27.5 Å². The molecule has 0 spiro atoms. The molecule has 0 saturated heterocycles. The fourth-order valence-electron chi connectivity index (χ4n) is 1.44. The van der Waals surface area contributed by atoms with Crippen molar-refractivity contribution in [2.45, 2.75) is 12.5 Å². The van der Waals surface area contributed by atoms with E-state index in [4.69, 9.17) is 16.3 Å². The quantitative estimate of drug-likeness (QED) is 0.780. The minimum absolute atomic E-state index is 0.290. The predicted molar refractivity (Wildman–Crippen MR) is 72.2 cm³/mol. The number of rotatable bonds is 4. The van der Waals surface area contributed by atoms with Gasteiger partial charge in [0.15, 0.2) is 0 Å². The van der Waals surface area contributed by atoms with Crippen LogP contribution in [0.3, 0.4) is 0 Å². The third-order valence-electron chi connectivity index (χ3n) is 2.26. The van der Waals surface area contributed by atoms with Crippen molar-refractivity contribution in [1.29, 1.82) is 0 Å². The van der Waals surface area contributed by atoms with Crippen LogP contribution in [-0.4, -0.2) is 4.98 Å². The van der Waals surface area contributed by atoms with Gasteiger partial charge in [0.1, 0.15) is 18.2 Å². The van der Waals surface area contributed by atoms with Crippen molar-refractivity contribution < 1.29 is 9.13 Å². The van der Waals surface area contributed by atoms with Gasteiger partial charge in [-0.3, -0.25) is 4.98 Å². The van der Waals surface area contributed by atoms with Crippen LogP contribution in [0.2, 0.25) is 0 Å². The van der Waals surface area contributed by atoms with Crippen LogP contribution in [0.15, 0.2) is 41.0 Å². The average Bonchev–Trinajstić information content (AvgIpc) is 2.36. The van der Waals surface area contributed by atoms with E-state index in [2.05, 4.69) is 20.9 Å². The van der Waals surface area contributed by atoms with Crippen LogP contribution in [0, 0.1) is 5.82 Å². The summed E-state index contributed by atoms with van der Waals surface area (Å²) in [6.07, 6.45) is 1.60. The highest BCUT2D eigenvalue weighted by molar-refractivity contribution is 9.10. The third kappa shape index (κ3) is 3.68. The highest BCUT2D eigenvalue weighted by Crippen LogP contribution is 2.17. The molecule has 0 atom stereocenters. The lowest BCUT2D eigenvalue weighted by Gasteiger charge is -2.07. The summed E-state index contributed by atoms with van der Waals surface area (Å²) in [7, 11) is 0. The monoisotopic (exact) mass is 329 g/mol. The Balaban J connectivity index is 2.01. The van der Waals surface area contributed by atoms with E-state index >= 15 is 0 Å². The Morgan fingerprint density at radius 2 is 2.11 bits per heavy atom. The fraction of sp³-hybridized carbons (Fsp3) is 0.154. The second-order valence-electron chi connectivity index (χ2n) is 3.69. The second kappa shape index (κ2) is 6.16. The van der Waals surface area contributed by atoms with Gasteiger partial charge in [-0.05, 0) is 35.9 Å². The van der Waals surface area contributed by atoms with Crippen LogP contribution in [0.4, 0.5) is 4.39 Å². The molecule has 1 heterocycles. The largest absolute Gasteiger partial charge is 0.487 e. The zero-order chi connectivity index (χ0) is 13.0. The van der Waals surface area contributed by atoms with Gasteiger partial charge in [-0.25, -0.2) is 4.39 Å². The first-order chi connectivity index (χ1) is 8.67. The number of nitrogens with zero attached hydrogens (tertiary/aromatic N) is 1. The number of pyridine rings is 1. The molecule has 0 unspecified atom stereocenters. The van der Waals surface area contributed by atoms with Crippen molar-refractivity contribution in [3.05, 3.63) is 58.1 Å². The molecular weight excluding hydrogens is 321 g/mol. The first kappa shape index (κ1) is 13.3. The molecule has 0 N–H and O–H groups in total. The molecule has 0 saturated carbocycles. The van der Waals surface area contributed by atoms with Crippen molar-refractivity contribution in [2.24, 2.45) is 0 Å². The molecule has 0 bridgehead atoms. The van der Waals surface area contributed by atoms with Crippen LogP contribution < -0.4 is 4.74 Å². The van der Waals surface area contributed by atoms with E-state index in [0.29, 0.717) is 16.1 Å². The SMILES string of the molecule is Fc1cc(Br)cc(COc2ccc(CCl)nc2)c1. The molecule has 5 heteroatoms. The van der Waals surface area contributed by atoms with Crippen LogP contribution in [0.5, 0.6) is 5.75 Å². The second-order valence-corrected chi connectivity index (χ2v) is 4.87. The Bertz CT molecular complexity index is 513. The van der Waals surface area contributed by atoms with Gasteiger partial charge in [0.2, 0.25) is 0 Å². The molecule has 18 heavy (non-hydrogen) atoms. The number of halogens is 3. The van der Waals surface area contributed by atoms with Gasteiger partial charge in [0.05, 0.1) is 17.8 Å². The molecule has 0 aliphatic carbocycles. The summed E-state index contributed by atoms with van der Waals surface area (Å²) in [4.78, 5) is 4.10. The van der Waals surface area contributed by atoms with Gasteiger partial charge in [-0.1, -0.05) is 15.9 Å². The molecule has 0 amide bonds. The number of hydrogen-bond donors (Lipinski definition) is 0. The van der Waals surface area contributed by atoms with Crippen molar-refractivity contribution in [3.8, 4) is 5.75 Å². The minimum Gasteiger partial charge on any atom is -0.487 e. The fourth-order valence-corrected chi connectivity index (χ4v) is 2.11. The van der Waals surface area contributed by atoms with E-state index in [1.54, 1.807) is 18.3 Å². The molecule has 0 aliphatic rings. The maximum absolute atomic E-state index is 13.1. The smallest absolute Gasteiger partial charge is 0.138 e. The van der Waals surface area contributed by atoms with E-state index in [-0.39, 0.29) is 12.4 Å². The van der Waals surface area contributed by atoms with Crippen molar-refractivity contribution in [3.63, 3.8) is 0 Å². The summed E-state index contributed by atoms with van der Waals surface area (Å²) in [6, 6.07) is 8.23. The van der Waals surface area contributed by atoms with Crippen LogP contribution in [0.25, 0.3) is 0 Å². The maximum atomic E-state index is 13.1. The summed E-state index contributed by atoms with van der Waals surface area (Å²) in [5.41, 5.74) is 1.54. The number of alkyl halides is 1. The third-order valence-corrected chi connectivity index (χ3v) is 2.99. The molecule has 0 radical (unpaired) electrons. The molecule has 2 aromatic rings. The molecule has 2 nitrogen and oxygen atoms in total. The topological polar surface area (TPSA) is 22.1 Å². The molecule has 2 rings (SSSR count). The Hall–Kier alpha value is -1.13. The zero-order valence-corrected chi connectivity index (χ0v) is 11.7. The van der Waals surface area contributed by atoms with E-state index < -0.39 is 0 Å². The lowest BCUT2D eigenvalue weighted by atomic mass is 10.2. The number of benzene rings is 1. The van der Waals surface area contributed by atoms with Gasteiger partial charge in [-0.15, -0.1) is 11.6 Å². The van der Waals surface area contributed by atoms with Gasteiger partial charge in [-0.2, -0.15) is 0 Å². The summed E-state index contributed by atoms with van der Waals surface area (Å²) in [5.74, 6) is 0.708. The van der Waals surface area contributed by atoms with Crippen LogP contribution >= 0.6 is 27.5 Å². The first-order valence-corrected chi connectivity index (χ1v) is 6.59. The van der Waals surface area contributed by atoms with Gasteiger partial charge < -0.3 is 4.74 Å². The van der Waals surface area contributed by atoms with E-state index in [1.807, 2.05) is 6.07 Å². The standard InChI is InChI=1S/C13H10BrClFNO/c14-10-3-9(4-11(16)5-10)8-18-13-2-1-12(6-15)17-7-13/h1-5,7H,6,8H2. The van der Waals surface area contributed by atoms with Gasteiger partial charge >= 0.3 is 0 Å². The Morgan fingerprint density at radius 1 is 1.28 bits per heavy atom. The van der Waals surface area contributed by atoms with E-state index in [0.717, 1.165) is 11.3 Å². The molecule has 94 valence electrons. The number of ether oxygens (including phenoxy) is 1. The zero-order valence-electron chi connectivity index (χ0n) is 9.37. The predicted octanol–water partition coefficient (Wildman–Crippen LogP) is 4.30. The number of aromatic nitrogens is 1. The Kier molecular flexibility index (Phi) is 4.55. The summed E-state index contributed by atoms with van der Waals surface area (Å²) >= 11 is 8.87. The van der Waals surface area contributed by atoms with Gasteiger partial charge in [0, 0.05) is 4.47 Å². The summed E-state index contributed by atoms with van der Waals surface area (Å²) < 4.78 is 19.3.